The summed E-state index contributed by atoms with van der Waals surface area (Å²) >= 11 is 0. The maximum absolute atomic E-state index is 12.7. The molecule has 3 rings (SSSR count). The number of sulfonamides is 1. The molecule has 3 heterocycles. The number of aliphatic hydroxyl groups is 1. The summed E-state index contributed by atoms with van der Waals surface area (Å²) in [6.07, 6.45) is 3.75. The number of hydrogen-bond donors (Lipinski definition) is 1. The van der Waals surface area contributed by atoms with Gasteiger partial charge in [-0.3, -0.25) is 9.78 Å². The van der Waals surface area contributed by atoms with Crippen molar-refractivity contribution in [3.8, 4) is 0 Å². The average Bonchev–Trinajstić information content (AvgIpc) is 2.95. The minimum Gasteiger partial charge on any atom is -0.389 e. The fourth-order valence-corrected chi connectivity index (χ4v) is 5.41. The monoisotopic (exact) mass is 353 g/mol. The van der Waals surface area contributed by atoms with Crippen molar-refractivity contribution in [2.24, 2.45) is 0 Å². The van der Waals surface area contributed by atoms with Crippen molar-refractivity contribution in [2.45, 2.75) is 37.8 Å². The summed E-state index contributed by atoms with van der Waals surface area (Å²) in [6, 6.07) is 3.43. The molecule has 24 heavy (non-hydrogen) atoms. The van der Waals surface area contributed by atoms with Crippen LogP contribution in [0.1, 0.15) is 35.3 Å². The highest BCUT2D eigenvalue weighted by molar-refractivity contribution is 7.88. The van der Waals surface area contributed by atoms with Crippen molar-refractivity contribution in [1.29, 1.82) is 0 Å². The number of likely N-dealkylation sites (tertiary alicyclic amines) is 1. The predicted molar refractivity (Wildman–Crippen MR) is 89.0 cm³/mol. The Bertz CT molecular complexity index is 751. The highest BCUT2D eigenvalue weighted by Gasteiger charge is 2.53. The molecule has 0 aromatic carbocycles. The molecule has 0 unspecified atom stereocenters. The van der Waals surface area contributed by atoms with E-state index in [2.05, 4.69) is 4.98 Å². The molecule has 1 N–H and O–H groups in total. The molecule has 2 aliphatic heterocycles. The van der Waals surface area contributed by atoms with Crippen LogP contribution in [0.5, 0.6) is 0 Å². The molecule has 0 saturated carbocycles. The molecule has 2 atom stereocenters. The van der Waals surface area contributed by atoms with E-state index in [0.29, 0.717) is 37.2 Å². The topological polar surface area (TPSA) is 90.8 Å². The molecule has 2 saturated heterocycles. The number of hydrogen-bond acceptors (Lipinski definition) is 5. The zero-order valence-corrected chi connectivity index (χ0v) is 14.8. The van der Waals surface area contributed by atoms with Gasteiger partial charge >= 0.3 is 0 Å². The molecule has 8 heteroatoms. The van der Waals surface area contributed by atoms with Crippen molar-refractivity contribution in [1.82, 2.24) is 14.2 Å². The first-order chi connectivity index (χ1) is 11.3. The first-order valence-corrected chi connectivity index (χ1v) is 9.97. The number of pyridine rings is 1. The van der Waals surface area contributed by atoms with Gasteiger partial charge in [-0.15, -0.1) is 0 Å². The highest BCUT2D eigenvalue weighted by atomic mass is 32.2. The molecular weight excluding hydrogens is 330 g/mol. The largest absolute Gasteiger partial charge is 0.389 e. The third-order valence-corrected chi connectivity index (χ3v) is 6.57. The van der Waals surface area contributed by atoms with Gasteiger partial charge in [-0.05, 0) is 38.3 Å². The van der Waals surface area contributed by atoms with Crippen LogP contribution in [-0.2, 0) is 10.0 Å². The van der Waals surface area contributed by atoms with Crippen LogP contribution in [-0.4, -0.2) is 71.2 Å². The molecule has 0 bridgehead atoms. The molecular formula is C16H23N3O4S. The molecule has 132 valence electrons. The highest BCUT2D eigenvalue weighted by Crippen LogP contribution is 2.40. The number of aryl methyl sites for hydroxylation is 1. The van der Waals surface area contributed by atoms with E-state index >= 15 is 0 Å². The number of carbonyl (C=O) groups excluding carboxylic acids is 1. The number of aliphatic hydroxyl groups excluding tert-OH is 1. The second kappa shape index (κ2) is 6.09. The van der Waals surface area contributed by atoms with Gasteiger partial charge in [0.25, 0.3) is 5.91 Å². The number of rotatable bonds is 2. The van der Waals surface area contributed by atoms with Crippen LogP contribution in [0.25, 0.3) is 0 Å². The van der Waals surface area contributed by atoms with Crippen LogP contribution < -0.4 is 0 Å². The Morgan fingerprint density at radius 3 is 2.75 bits per heavy atom. The van der Waals surface area contributed by atoms with Gasteiger partial charge in [0.1, 0.15) is 0 Å². The number of aromatic nitrogens is 1. The summed E-state index contributed by atoms with van der Waals surface area (Å²) in [4.78, 5) is 18.4. The van der Waals surface area contributed by atoms with Crippen LogP contribution in [0.4, 0.5) is 0 Å². The molecule has 0 aliphatic carbocycles. The predicted octanol–water partition coefficient (Wildman–Crippen LogP) is 0.391. The van der Waals surface area contributed by atoms with E-state index in [1.165, 1.54) is 10.6 Å². The lowest BCUT2D eigenvalue weighted by Crippen LogP contribution is -2.63. The number of amides is 1. The lowest BCUT2D eigenvalue weighted by atomic mass is 9.83. The Labute approximate surface area is 142 Å². The fourth-order valence-electron chi connectivity index (χ4n) is 3.98. The summed E-state index contributed by atoms with van der Waals surface area (Å²) in [6.45, 7) is 2.78. The Kier molecular flexibility index (Phi) is 4.39. The normalized spacial score (nSPS) is 28.5. The summed E-state index contributed by atoms with van der Waals surface area (Å²) in [7, 11) is -3.38. The van der Waals surface area contributed by atoms with Gasteiger partial charge < -0.3 is 10.0 Å². The maximum Gasteiger partial charge on any atom is 0.255 e. The van der Waals surface area contributed by atoms with Gasteiger partial charge in [-0.2, -0.15) is 4.31 Å². The van der Waals surface area contributed by atoms with Crippen LogP contribution >= 0.6 is 0 Å². The van der Waals surface area contributed by atoms with Crippen molar-refractivity contribution >= 4 is 15.9 Å². The number of nitrogens with zero attached hydrogens (tertiary/aromatic N) is 3. The molecule has 0 radical (unpaired) electrons. The lowest BCUT2D eigenvalue weighted by Gasteiger charge is -2.47. The third-order valence-electron chi connectivity index (χ3n) is 5.22. The summed E-state index contributed by atoms with van der Waals surface area (Å²) in [5.41, 5.74) is 0.400. The van der Waals surface area contributed by atoms with Crippen LogP contribution in [0.2, 0.25) is 0 Å². The minimum atomic E-state index is -3.38. The van der Waals surface area contributed by atoms with E-state index in [-0.39, 0.29) is 12.5 Å². The standard InChI is InChI=1S/C16H23N3O4S/c1-12-13(5-3-8-17-12)15(21)18-10-7-16(14(20)11-18)6-4-9-19(16)24(2,22)23/h3,5,8,14,20H,4,6-7,9-11H2,1-2H3/t14-,16-/m0/s1. The molecule has 1 spiro atoms. The number of carbonyl (C=O) groups is 1. The smallest absolute Gasteiger partial charge is 0.255 e. The quantitative estimate of drug-likeness (QED) is 0.831. The molecule has 7 nitrogen and oxygen atoms in total. The summed E-state index contributed by atoms with van der Waals surface area (Å²) < 4.78 is 25.6. The van der Waals surface area contributed by atoms with Crippen molar-refractivity contribution in [3.63, 3.8) is 0 Å². The fraction of sp³-hybridized carbons (Fsp3) is 0.625. The van der Waals surface area contributed by atoms with Gasteiger partial charge in [0, 0.05) is 31.5 Å². The number of β-amino-alcohol motifs (C(OH)–C–C–N with tert-alkyl or cyclic N) is 1. The zero-order chi connectivity index (χ0) is 17.5. The van der Waals surface area contributed by atoms with Gasteiger partial charge in [0.15, 0.2) is 0 Å². The van der Waals surface area contributed by atoms with E-state index in [9.17, 15) is 18.3 Å². The first kappa shape index (κ1) is 17.3. The lowest BCUT2D eigenvalue weighted by molar-refractivity contribution is -0.0292. The van der Waals surface area contributed by atoms with Gasteiger partial charge in [-0.25, -0.2) is 8.42 Å². The zero-order valence-electron chi connectivity index (χ0n) is 14.0. The number of piperidine rings is 1. The summed E-state index contributed by atoms with van der Waals surface area (Å²) in [5, 5.41) is 10.7. The Morgan fingerprint density at radius 1 is 1.38 bits per heavy atom. The van der Waals surface area contributed by atoms with E-state index < -0.39 is 21.7 Å². The van der Waals surface area contributed by atoms with E-state index in [0.717, 1.165) is 6.42 Å². The third kappa shape index (κ3) is 2.82. The van der Waals surface area contributed by atoms with Crippen molar-refractivity contribution < 1.29 is 18.3 Å². The Hall–Kier alpha value is -1.51. The van der Waals surface area contributed by atoms with E-state index in [1.54, 1.807) is 30.2 Å². The van der Waals surface area contributed by atoms with Crippen LogP contribution in [0.15, 0.2) is 18.3 Å². The summed E-state index contributed by atoms with van der Waals surface area (Å²) in [5.74, 6) is -0.168. The van der Waals surface area contributed by atoms with E-state index in [4.69, 9.17) is 0 Å². The van der Waals surface area contributed by atoms with E-state index in [1.807, 2.05) is 0 Å². The molecule has 2 fully saturated rings. The van der Waals surface area contributed by atoms with Crippen molar-refractivity contribution in [2.75, 3.05) is 25.9 Å². The second-order valence-corrected chi connectivity index (χ2v) is 8.60. The maximum atomic E-state index is 12.7. The van der Waals surface area contributed by atoms with Gasteiger partial charge in [-0.1, -0.05) is 0 Å². The average molecular weight is 353 g/mol. The van der Waals surface area contributed by atoms with Gasteiger partial charge in [0.05, 0.1) is 23.5 Å². The second-order valence-electron chi connectivity index (χ2n) is 6.70. The SMILES string of the molecule is Cc1ncccc1C(=O)N1CC[C@@]2(CCCN2S(C)(=O)=O)[C@@H](O)C1. The van der Waals surface area contributed by atoms with Crippen molar-refractivity contribution in [3.05, 3.63) is 29.6 Å². The Balaban J connectivity index is 1.81. The van der Waals surface area contributed by atoms with Crippen LogP contribution in [0.3, 0.4) is 0 Å². The molecule has 1 aromatic heterocycles. The Morgan fingerprint density at radius 2 is 2.12 bits per heavy atom. The molecule has 2 aliphatic rings. The molecule has 1 amide bonds. The van der Waals surface area contributed by atoms with Crippen LogP contribution in [0, 0.1) is 6.92 Å². The minimum absolute atomic E-state index is 0.138. The molecule has 1 aromatic rings. The first-order valence-electron chi connectivity index (χ1n) is 8.12. The van der Waals surface area contributed by atoms with Gasteiger partial charge in [0.2, 0.25) is 10.0 Å².